The molecule has 5 nitrogen and oxygen atoms in total. The topological polar surface area (TPSA) is 48.5 Å². The van der Waals surface area contributed by atoms with E-state index in [0.29, 0.717) is 17.7 Å². The largest absolute Gasteiger partial charge is 0.278 e. The van der Waals surface area contributed by atoms with E-state index in [1.54, 1.807) is 0 Å². The SMILES string of the molecule is c1ccc(-c2nc(-n3c4ccccc4c4ccccc43)nc(-n3c4ccccc4c4ccc([Si]5(c6ccccc6)c6ccccc6[Si](c6ccccc6)(c6ccccc6)c6ccccc65)cc43)n2)cc1. The lowest BCUT2D eigenvalue weighted by Gasteiger charge is -2.48. The van der Waals surface area contributed by atoms with Gasteiger partial charge in [0.05, 0.1) is 22.1 Å². The molecular formula is C63H43N5Si2. The number of nitrogens with zero attached hydrogens (tertiary/aromatic N) is 5. The summed E-state index contributed by atoms with van der Waals surface area (Å²) >= 11 is 0. The van der Waals surface area contributed by atoms with Gasteiger partial charge in [0.15, 0.2) is 22.0 Å². The minimum Gasteiger partial charge on any atom is -0.278 e. The van der Waals surface area contributed by atoms with Crippen molar-refractivity contribution in [3.8, 4) is 23.3 Å². The highest BCUT2D eigenvalue weighted by molar-refractivity contribution is 7.33. The Balaban J connectivity index is 1.10. The first-order valence-electron chi connectivity index (χ1n) is 24.0. The van der Waals surface area contributed by atoms with Crippen LogP contribution in [0.25, 0.3) is 66.9 Å². The second-order valence-corrected chi connectivity index (χ2v) is 25.7. The van der Waals surface area contributed by atoms with Crippen molar-refractivity contribution in [1.29, 1.82) is 0 Å². The van der Waals surface area contributed by atoms with E-state index in [0.717, 1.165) is 49.2 Å². The van der Waals surface area contributed by atoms with E-state index in [4.69, 9.17) is 15.0 Å². The second-order valence-electron chi connectivity index (χ2n) is 18.3. The number of hydrogen-bond donors (Lipinski definition) is 0. The van der Waals surface area contributed by atoms with Gasteiger partial charge in [0.25, 0.3) is 0 Å². The molecule has 7 heteroatoms. The quantitative estimate of drug-likeness (QED) is 0.150. The molecule has 0 fully saturated rings. The molecule has 328 valence electrons. The molecule has 70 heavy (non-hydrogen) atoms. The van der Waals surface area contributed by atoms with Crippen LogP contribution in [-0.4, -0.2) is 40.2 Å². The fraction of sp³-hybridized carbons (Fsp3) is 0. The number of rotatable bonds is 7. The van der Waals surface area contributed by atoms with Gasteiger partial charge < -0.3 is 0 Å². The van der Waals surface area contributed by atoms with Crippen molar-refractivity contribution < 1.29 is 0 Å². The standard InChI is InChI=1S/C63H43N5Si2/c1-5-23-44(24-6-1)61-64-62(67-53-34-16-13-31-49(53)50-32-14-17-35-54(50)67)66-63(65-61)68-55-36-18-15-33-51(55)52-42-41-48(43-56(52)68)70(47-29-11-4-12-30-47)59-39-21-19-37-57(59)69(45-25-7-2-8-26-45,46-27-9-3-10-28-46)58-38-20-22-40-60(58)70/h1-43H. The van der Waals surface area contributed by atoms with E-state index in [-0.39, 0.29) is 0 Å². The Morgan fingerprint density at radius 2 is 0.586 bits per heavy atom. The van der Waals surface area contributed by atoms with Crippen LogP contribution in [0.15, 0.2) is 261 Å². The molecule has 10 aromatic carbocycles. The van der Waals surface area contributed by atoms with Crippen LogP contribution in [0.2, 0.25) is 0 Å². The highest BCUT2D eigenvalue weighted by atomic mass is 28.3. The molecule has 0 spiro atoms. The van der Waals surface area contributed by atoms with Crippen LogP contribution in [-0.2, 0) is 0 Å². The molecule has 14 rings (SSSR count). The van der Waals surface area contributed by atoms with Gasteiger partial charge in [0.1, 0.15) is 0 Å². The van der Waals surface area contributed by atoms with E-state index in [9.17, 15) is 0 Å². The minimum atomic E-state index is -3.14. The Hall–Kier alpha value is -8.76. The lowest BCUT2D eigenvalue weighted by atomic mass is 10.1. The molecule has 0 saturated carbocycles. The van der Waals surface area contributed by atoms with Gasteiger partial charge in [-0.25, -0.2) is 0 Å². The third-order valence-corrected chi connectivity index (χ3v) is 25.1. The smallest absolute Gasteiger partial charge is 0.240 e. The van der Waals surface area contributed by atoms with Crippen molar-refractivity contribution in [2.45, 2.75) is 0 Å². The maximum Gasteiger partial charge on any atom is 0.240 e. The zero-order valence-electron chi connectivity index (χ0n) is 38.1. The first kappa shape index (κ1) is 40.3. The van der Waals surface area contributed by atoms with Gasteiger partial charge >= 0.3 is 0 Å². The lowest BCUT2D eigenvalue weighted by Crippen LogP contribution is -2.93. The van der Waals surface area contributed by atoms with E-state index in [2.05, 4.69) is 252 Å². The van der Waals surface area contributed by atoms with E-state index in [1.807, 2.05) is 18.2 Å². The van der Waals surface area contributed by atoms with Crippen LogP contribution in [0.1, 0.15) is 0 Å². The van der Waals surface area contributed by atoms with E-state index >= 15 is 0 Å². The monoisotopic (exact) mass is 925 g/mol. The van der Waals surface area contributed by atoms with Crippen LogP contribution in [0.4, 0.5) is 0 Å². The Morgan fingerprint density at radius 1 is 0.257 bits per heavy atom. The van der Waals surface area contributed by atoms with Gasteiger partial charge in [-0.1, -0.05) is 237 Å². The van der Waals surface area contributed by atoms with Crippen molar-refractivity contribution in [1.82, 2.24) is 24.1 Å². The highest BCUT2D eigenvalue weighted by Gasteiger charge is 2.56. The zero-order valence-corrected chi connectivity index (χ0v) is 40.1. The second kappa shape index (κ2) is 15.9. The van der Waals surface area contributed by atoms with Crippen LogP contribution < -0.4 is 41.5 Å². The molecule has 0 radical (unpaired) electrons. The maximum absolute atomic E-state index is 5.54. The summed E-state index contributed by atoms with van der Waals surface area (Å²) in [7, 11) is -6.02. The van der Waals surface area contributed by atoms with Crippen molar-refractivity contribution >= 4 is 101 Å². The number of benzene rings is 10. The molecule has 4 heterocycles. The fourth-order valence-electron chi connectivity index (χ4n) is 12.0. The maximum atomic E-state index is 5.54. The molecule has 0 N–H and O–H groups in total. The number of para-hydroxylation sites is 3. The molecule has 0 bridgehead atoms. The van der Waals surface area contributed by atoms with E-state index in [1.165, 1.54) is 41.5 Å². The Kier molecular flexibility index (Phi) is 9.17. The summed E-state index contributed by atoms with van der Waals surface area (Å²) in [5.41, 5.74) is 5.09. The van der Waals surface area contributed by atoms with Crippen molar-refractivity contribution in [2.24, 2.45) is 0 Å². The van der Waals surface area contributed by atoms with Gasteiger partial charge in [-0.3, -0.25) is 9.13 Å². The minimum absolute atomic E-state index is 0.563. The average molecular weight is 926 g/mol. The number of fused-ring (bicyclic) bond motifs is 8. The summed E-state index contributed by atoms with van der Waals surface area (Å²) < 4.78 is 4.49. The molecule has 0 atom stereocenters. The highest BCUT2D eigenvalue weighted by Crippen LogP contribution is 2.35. The molecule has 0 saturated heterocycles. The summed E-state index contributed by atoms with van der Waals surface area (Å²) in [4.78, 5) is 16.3. The fourth-order valence-corrected chi connectivity index (χ4v) is 24.1. The average Bonchev–Trinajstić information content (AvgIpc) is 3.96. The molecule has 1 aliphatic heterocycles. The Bertz CT molecular complexity index is 3990. The predicted octanol–water partition coefficient (Wildman–Crippen LogP) is 8.80. The summed E-state index contributed by atoms with van der Waals surface area (Å²) in [6.07, 6.45) is 0. The van der Waals surface area contributed by atoms with Crippen LogP contribution in [0, 0.1) is 0 Å². The molecule has 0 unspecified atom stereocenters. The van der Waals surface area contributed by atoms with Gasteiger partial charge in [0.2, 0.25) is 11.9 Å². The number of hydrogen-bond acceptors (Lipinski definition) is 3. The Labute approximate surface area is 407 Å². The lowest BCUT2D eigenvalue weighted by molar-refractivity contribution is 0.893. The number of aromatic nitrogens is 5. The summed E-state index contributed by atoms with van der Waals surface area (Å²) in [6, 6.07) is 96.4. The first-order valence-corrected chi connectivity index (χ1v) is 28.0. The zero-order chi connectivity index (χ0) is 46.2. The summed E-state index contributed by atoms with van der Waals surface area (Å²) in [5.74, 6) is 1.74. The van der Waals surface area contributed by atoms with Crippen molar-refractivity contribution in [3.63, 3.8) is 0 Å². The summed E-state index contributed by atoms with van der Waals surface area (Å²) in [5, 5.41) is 15.8. The van der Waals surface area contributed by atoms with Gasteiger partial charge in [-0.2, -0.15) is 15.0 Å². The van der Waals surface area contributed by atoms with Crippen LogP contribution >= 0.6 is 0 Å². The molecule has 13 aromatic rings. The summed E-state index contributed by atoms with van der Waals surface area (Å²) in [6.45, 7) is 0. The van der Waals surface area contributed by atoms with Gasteiger partial charge in [-0.05, 0) is 65.8 Å². The normalized spacial score (nSPS) is 13.7. The van der Waals surface area contributed by atoms with Crippen LogP contribution in [0.3, 0.4) is 0 Å². The molecule has 0 amide bonds. The molecule has 1 aliphatic rings. The third-order valence-electron chi connectivity index (χ3n) is 14.8. The molecule has 3 aromatic heterocycles. The Morgan fingerprint density at radius 3 is 1.01 bits per heavy atom. The van der Waals surface area contributed by atoms with Gasteiger partial charge in [0, 0.05) is 27.1 Å². The first-order chi connectivity index (χ1) is 34.7. The molecule has 0 aliphatic carbocycles. The van der Waals surface area contributed by atoms with E-state index < -0.39 is 16.1 Å². The van der Waals surface area contributed by atoms with Crippen molar-refractivity contribution in [2.75, 3.05) is 0 Å². The van der Waals surface area contributed by atoms with Gasteiger partial charge in [-0.15, -0.1) is 0 Å². The van der Waals surface area contributed by atoms with Crippen molar-refractivity contribution in [3.05, 3.63) is 261 Å². The molecular weight excluding hydrogens is 883 g/mol. The predicted molar refractivity (Wildman–Crippen MR) is 295 cm³/mol. The third kappa shape index (κ3) is 5.73. The van der Waals surface area contributed by atoms with Crippen LogP contribution in [0.5, 0.6) is 0 Å².